The van der Waals surface area contributed by atoms with Crippen LogP contribution in [-0.4, -0.2) is 45.7 Å². The van der Waals surface area contributed by atoms with Crippen LogP contribution in [0.4, 0.5) is 5.82 Å². The standard InChI is InChI=1S/C12H15N5O3/c1-7-4-10(16-20-7)14-11(18)6-17(3)12(19)9-5-13-15-8(9)2/h4-5H,6H2,1-3H3,(H,13,15)(H,14,16,18). The van der Waals surface area contributed by atoms with E-state index in [2.05, 4.69) is 20.7 Å². The molecule has 2 aromatic rings. The molecule has 0 saturated carbocycles. The summed E-state index contributed by atoms with van der Waals surface area (Å²) in [7, 11) is 1.54. The number of hydrogen-bond donors (Lipinski definition) is 2. The summed E-state index contributed by atoms with van der Waals surface area (Å²) < 4.78 is 4.83. The molecule has 2 aromatic heterocycles. The average Bonchev–Trinajstić information content (AvgIpc) is 2.97. The van der Waals surface area contributed by atoms with Crippen molar-refractivity contribution in [3.8, 4) is 0 Å². The molecule has 0 fully saturated rings. The van der Waals surface area contributed by atoms with E-state index in [0.29, 0.717) is 22.8 Å². The van der Waals surface area contributed by atoms with Crippen molar-refractivity contribution in [1.29, 1.82) is 0 Å². The van der Waals surface area contributed by atoms with Gasteiger partial charge in [-0.1, -0.05) is 5.16 Å². The molecule has 0 radical (unpaired) electrons. The summed E-state index contributed by atoms with van der Waals surface area (Å²) in [6.07, 6.45) is 1.44. The van der Waals surface area contributed by atoms with Crippen LogP contribution in [0.5, 0.6) is 0 Å². The Hall–Kier alpha value is -2.64. The van der Waals surface area contributed by atoms with Crippen LogP contribution in [0.15, 0.2) is 16.8 Å². The van der Waals surface area contributed by atoms with Crippen LogP contribution in [0.2, 0.25) is 0 Å². The monoisotopic (exact) mass is 277 g/mol. The van der Waals surface area contributed by atoms with Crippen LogP contribution in [0.25, 0.3) is 0 Å². The highest BCUT2D eigenvalue weighted by molar-refractivity contribution is 5.99. The van der Waals surface area contributed by atoms with Crippen molar-refractivity contribution in [2.24, 2.45) is 0 Å². The van der Waals surface area contributed by atoms with Crippen molar-refractivity contribution in [3.63, 3.8) is 0 Å². The van der Waals surface area contributed by atoms with Crippen LogP contribution < -0.4 is 5.32 Å². The summed E-state index contributed by atoms with van der Waals surface area (Å²) in [5.41, 5.74) is 1.10. The molecule has 0 aromatic carbocycles. The molecular formula is C12H15N5O3. The summed E-state index contributed by atoms with van der Waals surface area (Å²) in [5, 5.41) is 12.7. The Morgan fingerprint density at radius 1 is 1.45 bits per heavy atom. The number of aromatic nitrogens is 3. The molecule has 0 bridgehead atoms. The largest absolute Gasteiger partial charge is 0.360 e. The van der Waals surface area contributed by atoms with Gasteiger partial charge < -0.3 is 14.7 Å². The summed E-state index contributed by atoms with van der Waals surface area (Å²) in [5.74, 6) is 0.296. The molecule has 2 amide bonds. The second-order valence-electron chi connectivity index (χ2n) is 4.44. The first-order valence-corrected chi connectivity index (χ1v) is 5.96. The Morgan fingerprint density at radius 3 is 2.75 bits per heavy atom. The molecule has 2 heterocycles. The van der Waals surface area contributed by atoms with Crippen molar-refractivity contribution < 1.29 is 14.1 Å². The lowest BCUT2D eigenvalue weighted by molar-refractivity contribution is -0.116. The molecule has 0 aliphatic heterocycles. The van der Waals surface area contributed by atoms with Crippen LogP contribution in [-0.2, 0) is 4.79 Å². The number of carbonyl (C=O) groups excluding carboxylic acids is 2. The van der Waals surface area contributed by atoms with Gasteiger partial charge in [-0.15, -0.1) is 0 Å². The third kappa shape index (κ3) is 3.02. The lowest BCUT2D eigenvalue weighted by atomic mass is 10.2. The number of rotatable bonds is 4. The van der Waals surface area contributed by atoms with Gasteiger partial charge in [0.05, 0.1) is 18.3 Å². The summed E-state index contributed by atoms with van der Waals surface area (Å²) in [6, 6.07) is 1.60. The zero-order chi connectivity index (χ0) is 14.7. The predicted molar refractivity (Wildman–Crippen MR) is 70.2 cm³/mol. The van der Waals surface area contributed by atoms with Gasteiger partial charge in [0, 0.05) is 18.8 Å². The number of nitrogens with one attached hydrogen (secondary N) is 2. The zero-order valence-electron chi connectivity index (χ0n) is 11.4. The summed E-state index contributed by atoms with van der Waals surface area (Å²) in [6.45, 7) is 3.38. The fraction of sp³-hybridized carbons (Fsp3) is 0.333. The van der Waals surface area contributed by atoms with E-state index < -0.39 is 0 Å². The van der Waals surface area contributed by atoms with E-state index in [4.69, 9.17) is 4.52 Å². The number of hydrogen-bond acceptors (Lipinski definition) is 5. The van der Waals surface area contributed by atoms with Gasteiger partial charge in [0.2, 0.25) is 5.91 Å². The van der Waals surface area contributed by atoms with Crippen LogP contribution in [0, 0.1) is 13.8 Å². The van der Waals surface area contributed by atoms with E-state index in [0.717, 1.165) is 0 Å². The van der Waals surface area contributed by atoms with E-state index in [9.17, 15) is 9.59 Å². The molecule has 2 rings (SSSR count). The number of nitrogens with zero attached hydrogens (tertiary/aromatic N) is 3. The van der Waals surface area contributed by atoms with E-state index in [1.807, 2.05) is 0 Å². The zero-order valence-corrected chi connectivity index (χ0v) is 11.4. The Kier molecular flexibility index (Phi) is 3.83. The average molecular weight is 277 g/mol. The highest BCUT2D eigenvalue weighted by atomic mass is 16.5. The molecule has 0 atom stereocenters. The normalized spacial score (nSPS) is 10.3. The topological polar surface area (TPSA) is 104 Å². The maximum Gasteiger partial charge on any atom is 0.257 e. The number of aromatic amines is 1. The minimum atomic E-state index is -0.352. The van der Waals surface area contributed by atoms with Crippen LogP contribution >= 0.6 is 0 Å². The molecule has 8 nitrogen and oxygen atoms in total. The van der Waals surface area contributed by atoms with E-state index in [1.165, 1.54) is 11.1 Å². The number of amides is 2. The number of aryl methyl sites for hydroxylation is 2. The molecule has 106 valence electrons. The first-order valence-electron chi connectivity index (χ1n) is 5.96. The maximum atomic E-state index is 12.1. The van der Waals surface area contributed by atoms with Crippen molar-refractivity contribution >= 4 is 17.6 Å². The quantitative estimate of drug-likeness (QED) is 0.857. The molecule has 0 spiro atoms. The Bertz CT molecular complexity index is 631. The number of carbonyl (C=O) groups is 2. The number of H-pyrrole nitrogens is 1. The first kappa shape index (κ1) is 13.8. The Labute approximate surface area is 115 Å². The number of anilines is 1. The number of likely N-dealkylation sites (N-methyl/N-ethyl adjacent to an activating group) is 1. The SMILES string of the molecule is Cc1cc(NC(=O)CN(C)C(=O)c2cn[nH]c2C)no1. The fourth-order valence-corrected chi connectivity index (χ4v) is 1.67. The summed E-state index contributed by atoms with van der Waals surface area (Å²) in [4.78, 5) is 25.2. The minimum Gasteiger partial charge on any atom is -0.360 e. The molecule has 20 heavy (non-hydrogen) atoms. The lowest BCUT2D eigenvalue weighted by Gasteiger charge is -2.15. The van der Waals surface area contributed by atoms with Crippen molar-refractivity contribution in [1.82, 2.24) is 20.3 Å². The Balaban J connectivity index is 1.94. The molecular weight excluding hydrogens is 262 g/mol. The molecule has 2 N–H and O–H groups in total. The molecule has 0 unspecified atom stereocenters. The van der Waals surface area contributed by atoms with Crippen molar-refractivity contribution in [2.75, 3.05) is 18.9 Å². The lowest BCUT2D eigenvalue weighted by Crippen LogP contribution is -2.35. The van der Waals surface area contributed by atoms with Gasteiger partial charge in [0.25, 0.3) is 5.91 Å². The second-order valence-corrected chi connectivity index (χ2v) is 4.44. The highest BCUT2D eigenvalue weighted by Crippen LogP contribution is 2.08. The first-order chi connectivity index (χ1) is 9.47. The van der Waals surface area contributed by atoms with Gasteiger partial charge in [-0.25, -0.2) is 0 Å². The second kappa shape index (κ2) is 5.55. The van der Waals surface area contributed by atoms with Gasteiger partial charge in [-0.05, 0) is 13.8 Å². The van der Waals surface area contributed by atoms with Gasteiger partial charge in [0.1, 0.15) is 5.76 Å². The molecule has 0 aliphatic rings. The Morgan fingerprint density at radius 2 is 2.20 bits per heavy atom. The van der Waals surface area contributed by atoms with Crippen LogP contribution in [0.3, 0.4) is 0 Å². The highest BCUT2D eigenvalue weighted by Gasteiger charge is 2.18. The minimum absolute atomic E-state index is 0.0879. The molecule has 0 aliphatic carbocycles. The van der Waals surface area contributed by atoms with E-state index >= 15 is 0 Å². The maximum absolute atomic E-state index is 12.1. The van der Waals surface area contributed by atoms with Crippen LogP contribution in [0.1, 0.15) is 21.8 Å². The molecule has 0 saturated heterocycles. The van der Waals surface area contributed by atoms with Gasteiger partial charge in [-0.2, -0.15) is 5.10 Å². The summed E-state index contributed by atoms with van der Waals surface area (Å²) >= 11 is 0. The third-order valence-corrected chi connectivity index (χ3v) is 2.68. The van der Waals surface area contributed by atoms with Gasteiger partial charge in [-0.3, -0.25) is 14.7 Å². The van der Waals surface area contributed by atoms with Gasteiger partial charge in [0.15, 0.2) is 5.82 Å². The van der Waals surface area contributed by atoms with Gasteiger partial charge >= 0.3 is 0 Å². The van der Waals surface area contributed by atoms with E-state index in [1.54, 1.807) is 27.0 Å². The van der Waals surface area contributed by atoms with E-state index in [-0.39, 0.29) is 18.4 Å². The van der Waals surface area contributed by atoms with Crippen molar-refractivity contribution in [2.45, 2.75) is 13.8 Å². The third-order valence-electron chi connectivity index (χ3n) is 2.68. The smallest absolute Gasteiger partial charge is 0.257 e. The van der Waals surface area contributed by atoms with Crippen molar-refractivity contribution in [3.05, 3.63) is 29.3 Å². The predicted octanol–water partition coefficient (Wildman–Crippen LogP) is 0.725. The molecule has 8 heteroatoms. The fourth-order valence-electron chi connectivity index (χ4n) is 1.67.